The van der Waals surface area contributed by atoms with E-state index in [0.29, 0.717) is 6.54 Å². The van der Waals surface area contributed by atoms with Crippen molar-refractivity contribution >= 4 is 5.82 Å². The number of hydrogen-bond acceptors (Lipinski definition) is 3. The summed E-state index contributed by atoms with van der Waals surface area (Å²) in [6.45, 7) is 3.75. The van der Waals surface area contributed by atoms with Gasteiger partial charge in [-0.1, -0.05) is 36.4 Å². The molecule has 1 aromatic heterocycles. The molecule has 1 heterocycles. The lowest BCUT2D eigenvalue weighted by Gasteiger charge is -2.20. The molecule has 3 nitrogen and oxygen atoms in total. The van der Waals surface area contributed by atoms with Gasteiger partial charge in [-0.15, -0.1) is 0 Å². The highest BCUT2D eigenvalue weighted by atomic mass is 15.2. The second-order valence-corrected chi connectivity index (χ2v) is 5.18. The lowest BCUT2D eigenvalue weighted by molar-refractivity contribution is 0.850. The van der Waals surface area contributed by atoms with Gasteiger partial charge in [0.2, 0.25) is 0 Å². The van der Waals surface area contributed by atoms with Gasteiger partial charge in [-0.2, -0.15) is 0 Å². The number of hydrogen-bond donors (Lipinski definition) is 1. The summed E-state index contributed by atoms with van der Waals surface area (Å²) in [7, 11) is 2.10. The molecule has 0 radical (unpaired) electrons. The van der Waals surface area contributed by atoms with Gasteiger partial charge in [0.1, 0.15) is 5.82 Å². The first-order valence-corrected chi connectivity index (χ1v) is 7.11. The van der Waals surface area contributed by atoms with Gasteiger partial charge in [-0.25, -0.2) is 4.98 Å². The van der Waals surface area contributed by atoms with E-state index in [4.69, 9.17) is 5.73 Å². The number of benzene rings is 1. The van der Waals surface area contributed by atoms with Gasteiger partial charge in [0.05, 0.1) is 0 Å². The summed E-state index contributed by atoms with van der Waals surface area (Å²) >= 11 is 0. The van der Waals surface area contributed by atoms with Crippen LogP contribution in [0.2, 0.25) is 0 Å². The van der Waals surface area contributed by atoms with Crippen LogP contribution in [0, 0.1) is 6.92 Å². The van der Waals surface area contributed by atoms with Gasteiger partial charge in [0, 0.05) is 19.8 Å². The molecule has 3 heteroatoms. The van der Waals surface area contributed by atoms with Crippen LogP contribution in [0.3, 0.4) is 0 Å². The molecule has 20 heavy (non-hydrogen) atoms. The lowest BCUT2D eigenvalue weighted by Crippen LogP contribution is -2.22. The Morgan fingerprint density at radius 3 is 2.50 bits per heavy atom. The standard InChI is InChI=1S/C17H23N3/c1-14-12-16(8-10-18)13-19-17(14)20(2)11-9-15-6-4-3-5-7-15/h3-7,12-13H,8-11,18H2,1-2H3. The summed E-state index contributed by atoms with van der Waals surface area (Å²) < 4.78 is 0. The van der Waals surface area contributed by atoms with Crippen LogP contribution >= 0.6 is 0 Å². The third-order valence-corrected chi connectivity index (χ3v) is 3.48. The summed E-state index contributed by atoms with van der Waals surface area (Å²) in [4.78, 5) is 6.80. The van der Waals surface area contributed by atoms with E-state index in [1.165, 1.54) is 16.7 Å². The molecule has 1 aromatic carbocycles. The molecule has 0 fully saturated rings. The maximum absolute atomic E-state index is 5.58. The smallest absolute Gasteiger partial charge is 0.131 e. The van der Waals surface area contributed by atoms with Crippen LogP contribution < -0.4 is 10.6 Å². The van der Waals surface area contributed by atoms with Crippen molar-refractivity contribution in [3.63, 3.8) is 0 Å². The number of rotatable bonds is 6. The van der Waals surface area contributed by atoms with Crippen molar-refractivity contribution in [1.29, 1.82) is 0 Å². The van der Waals surface area contributed by atoms with Crippen molar-refractivity contribution in [3.05, 3.63) is 59.3 Å². The fraction of sp³-hybridized carbons (Fsp3) is 0.353. The molecule has 2 N–H and O–H groups in total. The molecule has 2 rings (SSSR count). The van der Waals surface area contributed by atoms with E-state index < -0.39 is 0 Å². The highest BCUT2D eigenvalue weighted by molar-refractivity contribution is 5.46. The Hall–Kier alpha value is -1.87. The Morgan fingerprint density at radius 1 is 1.10 bits per heavy atom. The van der Waals surface area contributed by atoms with Gasteiger partial charge in [0.25, 0.3) is 0 Å². The normalized spacial score (nSPS) is 10.6. The van der Waals surface area contributed by atoms with E-state index in [-0.39, 0.29) is 0 Å². The average molecular weight is 269 g/mol. The summed E-state index contributed by atoms with van der Waals surface area (Å²) in [6.07, 6.45) is 3.86. The molecule has 0 amide bonds. The molecule has 0 spiro atoms. The topological polar surface area (TPSA) is 42.1 Å². The van der Waals surface area contributed by atoms with Crippen molar-refractivity contribution in [2.45, 2.75) is 19.8 Å². The van der Waals surface area contributed by atoms with Crippen LogP contribution in [-0.2, 0) is 12.8 Å². The first kappa shape index (κ1) is 14.5. The minimum absolute atomic E-state index is 0.671. The highest BCUT2D eigenvalue weighted by Gasteiger charge is 2.07. The number of aryl methyl sites for hydroxylation is 1. The Labute approximate surface area is 121 Å². The van der Waals surface area contributed by atoms with Gasteiger partial charge in [-0.3, -0.25) is 0 Å². The minimum atomic E-state index is 0.671. The van der Waals surface area contributed by atoms with E-state index >= 15 is 0 Å². The average Bonchev–Trinajstić information content (AvgIpc) is 2.46. The monoisotopic (exact) mass is 269 g/mol. The zero-order valence-electron chi connectivity index (χ0n) is 12.3. The van der Waals surface area contributed by atoms with Crippen LogP contribution in [-0.4, -0.2) is 25.1 Å². The van der Waals surface area contributed by atoms with Crippen LogP contribution in [0.4, 0.5) is 5.82 Å². The molecule has 0 saturated heterocycles. The Balaban J connectivity index is 2.00. The Kier molecular flexibility index (Phi) is 5.13. The summed E-state index contributed by atoms with van der Waals surface area (Å²) in [6, 6.07) is 12.7. The molecular weight excluding hydrogens is 246 g/mol. The number of anilines is 1. The third kappa shape index (κ3) is 3.81. The largest absolute Gasteiger partial charge is 0.359 e. The first-order valence-electron chi connectivity index (χ1n) is 7.11. The van der Waals surface area contributed by atoms with Crippen molar-refractivity contribution < 1.29 is 0 Å². The van der Waals surface area contributed by atoms with Crippen molar-refractivity contribution in [2.24, 2.45) is 5.73 Å². The van der Waals surface area contributed by atoms with E-state index in [2.05, 4.69) is 60.3 Å². The number of likely N-dealkylation sites (N-methyl/N-ethyl adjacent to an activating group) is 1. The zero-order valence-corrected chi connectivity index (χ0v) is 12.3. The van der Waals surface area contributed by atoms with Gasteiger partial charge < -0.3 is 10.6 Å². The van der Waals surface area contributed by atoms with Crippen LogP contribution in [0.5, 0.6) is 0 Å². The van der Waals surface area contributed by atoms with E-state index in [1.807, 2.05) is 6.20 Å². The van der Waals surface area contributed by atoms with Crippen molar-refractivity contribution in [1.82, 2.24) is 4.98 Å². The maximum atomic E-state index is 5.58. The van der Waals surface area contributed by atoms with Gasteiger partial charge in [-0.05, 0) is 43.0 Å². The molecule has 2 aromatic rings. The fourth-order valence-corrected chi connectivity index (χ4v) is 2.38. The second kappa shape index (κ2) is 7.06. The predicted octanol–water partition coefficient (Wildman–Crippen LogP) is 2.57. The number of nitrogens with two attached hydrogens (primary N) is 1. The number of pyridine rings is 1. The van der Waals surface area contributed by atoms with Crippen molar-refractivity contribution in [2.75, 3.05) is 25.0 Å². The molecule has 0 aliphatic heterocycles. The van der Waals surface area contributed by atoms with E-state index in [1.54, 1.807) is 0 Å². The second-order valence-electron chi connectivity index (χ2n) is 5.18. The quantitative estimate of drug-likeness (QED) is 0.876. The van der Waals surface area contributed by atoms with E-state index in [9.17, 15) is 0 Å². The Morgan fingerprint density at radius 2 is 1.85 bits per heavy atom. The zero-order chi connectivity index (χ0) is 14.4. The van der Waals surface area contributed by atoms with E-state index in [0.717, 1.165) is 25.2 Å². The molecule has 0 aliphatic carbocycles. The molecule has 0 unspecified atom stereocenters. The Bertz CT molecular complexity index is 537. The summed E-state index contributed by atoms with van der Waals surface area (Å²) in [5.41, 5.74) is 9.37. The van der Waals surface area contributed by atoms with Crippen LogP contribution in [0.1, 0.15) is 16.7 Å². The summed E-state index contributed by atoms with van der Waals surface area (Å²) in [5.74, 6) is 1.06. The molecule has 0 atom stereocenters. The minimum Gasteiger partial charge on any atom is -0.359 e. The van der Waals surface area contributed by atoms with Crippen LogP contribution in [0.15, 0.2) is 42.6 Å². The fourth-order valence-electron chi connectivity index (χ4n) is 2.38. The van der Waals surface area contributed by atoms with Gasteiger partial charge >= 0.3 is 0 Å². The molecule has 106 valence electrons. The molecule has 0 saturated carbocycles. The lowest BCUT2D eigenvalue weighted by atomic mass is 10.1. The molecular formula is C17H23N3. The van der Waals surface area contributed by atoms with Crippen molar-refractivity contribution in [3.8, 4) is 0 Å². The first-order chi connectivity index (χ1) is 9.70. The highest BCUT2D eigenvalue weighted by Crippen LogP contribution is 2.17. The molecule has 0 aliphatic rings. The maximum Gasteiger partial charge on any atom is 0.131 e. The number of nitrogens with zero attached hydrogens (tertiary/aromatic N) is 2. The van der Waals surface area contributed by atoms with Crippen LogP contribution in [0.25, 0.3) is 0 Å². The third-order valence-electron chi connectivity index (χ3n) is 3.48. The number of aromatic nitrogens is 1. The summed E-state index contributed by atoms with van der Waals surface area (Å²) in [5, 5.41) is 0. The predicted molar refractivity (Wildman–Crippen MR) is 85.1 cm³/mol. The van der Waals surface area contributed by atoms with Gasteiger partial charge in [0.15, 0.2) is 0 Å². The molecule has 0 bridgehead atoms. The SMILES string of the molecule is Cc1cc(CCN)cnc1N(C)CCc1ccccc1.